The Morgan fingerprint density at radius 2 is 1.76 bits per heavy atom. The molecule has 0 aliphatic carbocycles. The van der Waals surface area contributed by atoms with E-state index in [1.165, 1.54) is 11.8 Å². The maximum absolute atomic E-state index is 11.1. The third-order valence-corrected chi connectivity index (χ3v) is 3.78. The summed E-state index contributed by atoms with van der Waals surface area (Å²) >= 11 is 1.71. The zero-order chi connectivity index (χ0) is 15.1. The summed E-state index contributed by atoms with van der Waals surface area (Å²) in [5.41, 5.74) is 3.15. The fourth-order valence-corrected chi connectivity index (χ4v) is 2.35. The molecule has 0 radical (unpaired) electrons. The maximum Gasteiger partial charge on any atom is 0.302 e. The Kier molecular flexibility index (Phi) is 5.64. The lowest BCUT2D eigenvalue weighted by Crippen LogP contribution is -2.02. The lowest BCUT2D eigenvalue weighted by Gasteiger charge is -2.09. The normalized spacial score (nSPS) is 11.2. The molecule has 108 valence electrons. The number of rotatable bonds is 5. The highest BCUT2D eigenvalue weighted by atomic mass is 32.2. The Bertz CT molecular complexity index is 615. The molecule has 0 N–H and O–H groups in total. The lowest BCUT2D eigenvalue weighted by atomic mass is 10.0. The minimum absolute atomic E-state index is 0.269. The molecule has 0 aliphatic heterocycles. The van der Waals surface area contributed by atoms with Crippen LogP contribution in [0, 0.1) is 0 Å². The first-order valence-electron chi connectivity index (χ1n) is 6.72. The van der Waals surface area contributed by atoms with Crippen molar-refractivity contribution in [1.82, 2.24) is 0 Å². The first-order chi connectivity index (χ1) is 10.2. The largest absolute Gasteiger partial charge is 0.461 e. The van der Waals surface area contributed by atoms with Crippen molar-refractivity contribution in [2.24, 2.45) is 0 Å². The van der Waals surface area contributed by atoms with E-state index < -0.39 is 0 Å². The minimum atomic E-state index is -0.269. The van der Waals surface area contributed by atoms with Gasteiger partial charge in [0.15, 0.2) is 0 Å². The Hall–Kier alpha value is -2.00. The molecule has 0 unspecified atom stereocenters. The van der Waals surface area contributed by atoms with Crippen LogP contribution in [0.3, 0.4) is 0 Å². The van der Waals surface area contributed by atoms with Gasteiger partial charge >= 0.3 is 5.97 Å². The molecule has 0 aromatic heterocycles. The van der Waals surface area contributed by atoms with Crippen molar-refractivity contribution >= 4 is 29.4 Å². The van der Waals surface area contributed by atoms with Crippen LogP contribution >= 0.6 is 11.8 Å². The monoisotopic (exact) mass is 298 g/mol. The molecule has 0 atom stereocenters. The minimum Gasteiger partial charge on any atom is -0.461 e. The summed E-state index contributed by atoms with van der Waals surface area (Å²) in [5, 5.41) is 0. The quantitative estimate of drug-likeness (QED) is 0.461. The average Bonchev–Trinajstić information content (AvgIpc) is 2.52. The second-order valence-electron chi connectivity index (χ2n) is 4.59. The van der Waals surface area contributed by atoms with Gasteiger partial charge in [-0.1, -0.05) is 42.5 Å². The van der Waals surface area contributed by atoms with Gasteiger partial charge in [0.1, 0.15) is 6.61 Å². The smallest absolute Gasteiger partial charge is 0.302 e. The molecule has 2 aromatic rings. The zero-order valence-electron chi connectivity index (χ0n) is 12.2. The molecule has 0 amide bonds. The van der Waals surface area contributed by atoms with Crippen molar-refractivity contribution in [1.29, 1.82) is 0 Å². The first-order valence-corrected chi connectivity index (χ1v) is 7.95. The van der Waals surface area contributed by atoms with E-state index in [2.05, 4.69) is 36.6 Å². The van der Waals surface area contributed by atoms with Crippen molar-refractivity contribution in [2.75, 3.05) is 12.9 Å². The molecular formula is C18H18O2S. The molecule has 0 saturated heterocycles. The van der Waals surface area contributed by atoms with E-state index in [9.17, 15) is 4.79 Å². The van der Waals surface area contributed by atoms with E-state index in [-0.39, 0.29) is 12.6 Å². The van der Waals surface area contributed by atoms with Gasteiger partial charge in [-0.05, 0) is 41.2 Å². The van der Waals surface area contributed by atoms with Crippen LogP contribution in [0.25, 0.3) is 11.6 Å². The van der Waals surface area contributed by atoms with E-state index in [1.54, 1.807) is 11.8 Å². The van der Waals surface area contributed by atoms with Gasteiger partial charge in [-0.2, -0.15) is 0 Å². The summed E-state index contributed by atoms with van der Waals surface area (Å²) in [6.45, 7) is 1.71. The number of ether oxygens (including phenoxy) is 1. The number of benzene rings is 2. The van der Waals surface area contributed by atoms with Crippen LogP contribution in [0.15, 0.2) is 59.5 Å². The number of hydrogen-bond donors (Lipinski definition) is 0. The van der Waals surface area contributed by atoms with Crippen molar-refractivity contribution in [2.45, 2.75) is 11.8 Å². The highest BCUT2D eigenvalue weighted by Crippen LogP contribution is 2.22. The van der Waals surface area contributed by atoms with E-state index in [1.807, 2.05) is 30.3 Å². The zero-order valence-corrected chi connectivity index (χ0v) is 13.0. The highest BCUT2D eigenvalue weighted by Gasteiger charge is 2.05. The molecule has 0 spiro atoms. The molecule has 0 heterocycles. The topological polar surface area (TPSA) is 26.3 Å². The predicted molar refractivity (Wildman–Crippen MR) is 89.2 cm³/mol. The number of carbonyl (C=O) groups is 1. The molecule has 21 heavy (non-hydrogen) atoms. The Morgan fingerprint density at radius 3 is 2.33 bits per heavy atom. The fraction of sp³-hybridized carbons (Fsp3) is 0.167. The van der Waals surface area contributed by atoms with Crippen LogP contribution < -0.4 is 0 Å². The molecule has 0 saturated carbocycles. The summed E-state index contributed by atoms with van der Waals surface area (Å²) < 4.78 is 5.17. The molecular weight excluding hydrogens is 280 g/mol. The summed E-state index contributed by atoms with van der Waals surface area (Å²) in [7, 11) is 0. The van der Waals surface area contributed by atoms with Crippen LogP contribution in [0.5, 0.6) is 0 Å². The average molecular weight is 298 g/mol. The number of carbonyl (C=O) groups excluding carboxylic acids is 1. The molecule has 0 bridgehead atoms. The second-order valence-corrected chi connectivity index (χ2v) is 5.47. The lowest BCUT2D eigenvalue weighted by molar-refractivity contribution is -0.139. The van der Waals surface area contributed by atoms with E-state index in [0.29, 0.717) is 0 Å². The predicted octanol–water partition coefficient (Wildman–Crippen LogP) is 4.51. The van der Waals surface area contributed by atoms with Crippen molar-refractivity contribution in [3.63, 3.8) is 0 Å². The maximum atomic E-state index is 11.1. The van der Waals surface area contributed by atoms with Crippen molar-refractivity contribution in [3.05, 3.63) is 65.7 Å². The van der Waals surface area contributed by atoms with Crippen LogP contribution in [-0.4, -0.2) is 18.8 Å². The van der Waals surface area contributed by atoms with Crippen molar-refractivity contribution < 1.29 is 9.53 Å². The molecule has 0 aliphatic rings. The third kappa shape index (κ3) is 4.80. The number of esters is 1. The van der Waals surface area contributed by atoms with Gasteiger partial charge in [-0.15, -0.1) is 11.8 Å². The molecule has 3 heteroatoms. The number of thioether (sulfide) groups is 1. The highest BCUT2D eigenvalue weighted by molar-refractivity contribution is 7.98. The van der Waals surface area contributed by atoms with E-state index in [0.717, 1.165) is 16.7 Å². The van der Waals surface area contributed by atoms with Crippen LogP contribution in [0.4, 0.5) is 0 Å². The van der Waals surface area contributed by atoms with E-state index >= 15 is 0 Å². The summed E-state index contributed by atoms with van der Waals surface area (Å²) in [6.07, 6.45) is 4.10. The first kappa shape index (κ1) is 15.4. The van der Waals surface area contributed by atoms with Gasteiger partial charge in [0.25, 0.3) is 0 Å². The SMILES string of the molecule is CSc1ccc(/C(=C\c2ccccc2)COC(C)=O)cc1. The molecule has 2 nitrogen and oxygen atoms in total. The van der Waals surface area contributed by atoms with Gasteiger partial charge in [0.2, 0.25) is 0 Å². The van der Waals surface area contributed by atoms with Gasteiger partial charge in [0, 0.05) is 11.8 Å². The van der Waals surface area contributed by atoms with Crippen LogP contribution in [0.2, 0.25) is 0 Å². The molecule has 2 aromatic carbocycles. The second kappa shape index (κ2) is 7.70. The van der Waals surface area contributed by atoms with Crippen molar-refractivity contribution in [3.8, 4) is 0 Å². The Balaban J connectivity index is 2.30. The van der Waals surface area contributed by atoms with Crippen LogP contribution in [-0.2, 0) is 9.53 Å². The summed E-state index contributed by atoms with van der Waals surface area (Å²) in [5.74, 6) is -0.269. The van der Waals surface area contributed by atoms with Gasteiger partial charge in [-0.3, -0.25) is 4.79 Å². The third-order valence-electron chi connectivity index (χ3n) is 3.03. The van der Waals surface area contributed by atoms with Crippen LogP contribution in [0.1, 0.15) is 18.1 Å². The summed E-state index contributed by atoms with van der Waals surface area (Å²) in [4.78, 5) is 12.3. The Morgan fingerprint density at radius 1 is 1.10 bits per heavy atom. The summed E-state index contributed by atoms with van der Waals surface area (Å²) in [6, 6.07) is 18.3. The van der Waals surface area contributed by atoms with E-state index in [4.69, 9.17) is 4.74 Å². The standard InChI is InChI=1S/C18H18O2S/c1-14(19)20-13-17(12-15-6-4-3-5-7-15)16-8-10-18(21-2)11-9-16/h3-12H,13H2,1-2H3/b17-12-. The van der Waals surface area contributed by atoms with Gasteiger partial charge in [-0.25, -0.2) is 0 Å². The van der Waals surface area contributed by atoms with Gasteiger partial charge < -0.3 is 4.74 Å². The fourth-order valence-electron chi connectivity index (χ4n) is 1.94. The molecule has 0 fully saturated rings. The Labute approximate surface area is 129 Å². The van der Waals surface area contributed by atoms with Gasteiger partial charge in [0.05, 0.1) is 0 Å². The number of hydrogen-bond acceptors (Lipinski definition) is 3. The molecule has 2 rings (SSSR count).